The molecule has 0 aliphatic heterocycles. The van der Waals surface area contributed by atoms with Crippen molar-refractivity contribution in [2.45, 2.75) is 6.23 Å². The molecule has 0 saturated heterocycles. The van der Waals surface area contributed by atoms with E-state index < -0.39 is 6.23 Å². The molecule has 1 rings (SSSR count). The number of ether oxygens (including phenoxy) is 1. The Kier molecular flexibility index (Phi) is 2.49. The van der Waals surface area contributed by atoms with Crippen LogP contribution in [0.15, 0.2) is 18.5 Å². The van der Waals surface area contributed by atoms with Crippen LogP contribution in [0.5, 0.6) is 6.01 Å². The third-order valence-corrected chi connectivity index (χ3v) is 1.05. The minimum Gasteiger partial charge on any atom is -0.385 e. The molecule has 1 aromatic rings. The minimum atomic E-state index is -3.43. The molecular weight excluding hydrogens is 168 g/mol. The van der Waals surface area contributed by atoms with Gasteiger partial charge in [-0.25, -0.2) is 15.3 Å². The number of halogens is 2. The van der Waals surface area contributed by atoms with Crippen molar-refractivity contribution in [1.29, 1.82) is 0 Å². The number of hydrogen-bond donors (Lipinski definition) is 1. The van der Waals surface area contributed by atoms with Gasteiger partial charge in [-0.05, 0) is 13.1 Å². The quantitative estimate of drug-likeness (QED) is 0.540. The molecule has 0 fully saturated rings. The average molecular weight is 175 g/mol. The van der Waals surface area contributed by atoms with Crippen LogP contribution >= 0.6 is 0 Å². The lowest BCUT2D eigenvalue weighted by Crippen LogP contribution is -2.39. The van der Waals surface area contributed by atoms with Gasteiger partial charge in [0.25, 0.3) is 0 Å². The summed E-state index contributed by atoms with van der Waals surface area (Å²) in [5.74, 6) is 0. The lowest BCUT2D eigenvalue weighted by molar-refractivity contribution is -0.200. The molecule has 1 aromatic heterocycles. The minimum absolute atomic E-state index is 0.364. The van der Waals surface area contributed by atoms with Crippen LogP contribution < -0.4 is 10.1 Å². The van der Waals surface area contributed by atoms with Crippen LogP contribution in [0.4, 0.5) is 8.78 Å². The molecule has 0 amide bonds. The van der Waals surface area contributed by atoms with Gasteiger partial charge in [-0.1, -0.05) is 0 Å². The first-order valence-corrected chi connectivity index (χ1v) is 3.17. The molecule has 0 saturated carbocycles. The summed E-state index contributed by atoms with van der Waals surface area (Å²) in [6, 6.07) is 1.14. The van der Waals surface area contributed by atoms with Gasteiger partial charge in [-0.2, -0.15) is 0 Å². The number of alkyl halides is 2. The van der Waals surface area contributed by atoms with Crippen molar-refractivity contribution < 1.29 is 13.5 Å². The first-order chi connectivity index (χ1) is 5.64. The summed E-state index contributed by atoms with van der Waals surface area (Å²) in [4.78, 5) is 6.92. The molecule has 1 heterocycles. The van der Waals surface area contributed by atoms with Crippen LogP contribution in [0.1, 0.15) is 0 Å². The summed E-state index contributed by atoms with van der Waals surface area (Å²) in [7, 11) is 1.07. The zero-order valence-electron chi connectivity index (χ0n) is 6.29. The molecule has 0 bridgehead atoms. The third-order valence-electron chi connectivity index (χ3n) is 1.05. The van der Waals surface area contributed by atoms with E-state index in [2.05, 4.69) is 14.7 Å². The molecule has 0 aliphatic rings. The monoisotopic (exact) mass is 175 g/mol. The fraction of sp³-hybridized carbons (Fsp3) is 0.333. The van der Waals surface area contributed by atoms with Gasteiger partial charge >= 0.3 is 12.2 Å². The van der Waals surface area contributed by atoms with E-state index in [1.54, 1.807) is 5.32 Å². The van der Waals surface area contributed by atoms with Crippen LogP contribution in [-0.4, -0.2) is 23.2 Å². The molecule has 0 aliphatic carbocycles. The molecule has 6 heteroatoms. The highest BCUT2D eigenvalue weighted by molar-refractivity contribution is 4.93. The van der Waals surface area contributed by atoms with Crippen molar-refractivity contribution in [2.24, 2.45) is 0 Å². The van der Waals surface area contributed by atoms with Gasteiger partial charge in [0.15, 0.2) is 0 Å². The van der Waals surface area contributed by atoms with Crippen molar-refractivity contribution in [3.63, 3.8) is 0 Å². The molecule has 4 nitrogen and oxygen atoms in total. The number of hydrogen-bond acceptors (Lipinski definition) is 4. The van der Waals surface area contributed by atoms with E-state index in [1.165, 1.54) is 18.5 Å². The van der Waals surface area contributed by atoms with E-state index in [0.717, 1.165) is 7.05 Å². The highest BCUT2D eigenvalue weighted by Gasteiger charge is 2.30. The molecule has 1 N–H and O–H groups in total. The largest absolute Gasteiger partial charge is 0.471 e. The second-order valence-electron chi connectivity index (χ2n) is 1.90. The molecular formula is C6H7F2N3O. The van der Waals surface area contributed by atoms with Crippen LogP contribution in [0.2, 0.25) is 0 Å². The Morgan fingerprint density at radius 1 is 1.42 bits per heavy atom. The van der Waals surface area contributed by atoms with Gasteiger partial charge in [0, 0.05) is 12.4 Å². The summed E-state index contributed by atoms with van der Waals surface area (Å²) in [5.41, 5.74) is 0. The van der Waals surface area contributed by atoms with Crippen LogP contribution in [0, 0.1) is 0 Å². The predicted octanol–water partition coefficient (Wildman–Crippen LogP) is 0.625. The SMILES string of the molecule is CNC(F)(F)Oc1ncccn1. The van der Waals surface area contributed by atoms with Crippen molar-refractivity contribution >= 4 is 0 Å². The fourth-order valence-corrected chi connectivity index (χ4v) is 0.504. The van der Waals surface area contributed by atoms with Gasteiger partial charge in [0.2, 0.25) is 0 Å². The van der Waals surface area contributed by atoms with Crippen molar-refractivity contribution in [2.75, 3.05) is 7.05 Å². The highest BCUT2D eigenvalue weighted by Crippen LogP contribution is 2.12. The molecule has 66 valence electrons. The standard InChI is InChI=1S/C6H7F2N3O/c1-9-6(7,8)12-5-10-3-2-4-11-5/h2-4,9H,1H3. The van der Waals surface area contributed by atoms with E-state index in [-0.39, 0.29) is 6.01 Å². The molecule has 0 aromatic carbocycles. The first-order valence-electron chi connectivity index (χ1n) is 3.17. The highest BCUT2D eigenvalue weighted by atomic mass is 19.3. The van der Waals surface area contributed by atoms with Gasteiger partial charge < -0.3 is 4.74 Å². The van der Waals surface area contributed by atoms with Gasteiger partial charge in [-0.3, -0.25) is 0 Å². The maximum Gasteiger partial charge on any atom is 0.471 e. The van der Waals surface area contributed by atoms with E-state index in [4.69, 9.17) is 0 Å². The van der Waals surface area contributed by atoms with Crippen molar-refractivity contribution in [1.82, 2.24) is 15.3 Å². The Bertz CT molecular complexity index is 242. The number of nitrogens with zero attached hydrogens (tertiary/aromatic N) is 2. The second kappa shape index (κ2) is 3.40. The molecule has 12 heavy (non-hydrogen) atoms. The maximum atomic E-state index is 12.4. The summed E-state index contributed by atoms with van der Waals surface area (Å²) in [6.07, 6.45) is -0.802. The first kappa shape index (κ1) is 8.79. The van der Waals surface area contributed by atoms with Gasteiger partial charge in [-0.15, -0.1) is 8.78 Å². The van der Waals surface area contributed by atoms with Crippen LogP contribution in [-0.2, 0) is 0 Å². The number of nitrogens with one attached hydrogen (secondary N) is 1. The van der Waals surface area contributed by atoms with E-state index >= 15 is 0 Å². The summed E-state index contributed by atoms with van der Waals surface area (Å²) < 4.78 is 28.9. The lowest BCUT2D eigenvalue weighted by Gasteiger charge is -2.13. The van der Waals surface area contributed by atoms with E-state index in [9.17, 15) is 8.78 Å². The summed E-state index contributed by atoms with van der Waals surface area (Å²) in [6.45, 7) is 0. The maximum absolute atomic E-state index is 12.4. The average Bonchev–Trinajstić information content (AvgIpc) is 2.06. The van der Waals surface area contributed by atoms with E-state index in [0.29, 0.717) is 0 Å². The third kappa shape index (κ3) is 2.39. The zero-order valence-corrected chi connectivity index (χ0v) is 6.29. The number of aromatic nitrogens is 2. The smallest absolute Gasteiger partial charge is 0.385 e. The summed E-state index contributed by atoms with van der Waals surface area (Å²) in [5, 5.41) is 1.65. The molecule has 0 atom stereocenters. The predicted molar refractivity (Wildman–Crippen MR) is 36.7 cm³/mol. The van der Waals surface area contributed by atoms with E-state index in [1.807, 2.05) is 0 Å². The lowest BCUT2D eigenvalue weighted by atomic mass is 10.7. The van der Waals surface area contributed by atoms with Crippen molar-refractivity contribution in [3.8, 4) is 6.01 Å². The molecule has 0 unspecified atom stereocenters. The van der Waals surface area contributed by atoms with Crippen molar-refractivity contribution in [3.05, 3.63) is 18.5 Å². The Balaban J connectivity index is 2.64. The fourth-order valence-electron chi connectivity index (χ4n) is 0.504. The number of rotatable bonds is 3. The molecule has 0 radical (unpaired) electrons. The Morgan fingerprint density at radius 3 is 2.50 bits per heavy atom. The second-order valence-corrected chi connectivity index (χ2v) is 1.90. The van der Waals surface area contributed by atoms with Gasteiger partial charge in [0.05, 0.1) is 0 Å². The topological polar surface area (TPSA) is 47.0 Å². The molecule has 0 spiro atoms. The zero-order chi connectivity index (χ0) is 9.03. The summed E-state index contributed by atoms with van der Waals surface area (Å²) >= 11 is 0. The van der Waals surface area contributed by atoms with Crippen LogP contribution in [0.3, 0.4) is 0 Å². The Hall–Kier alpha value is -1.30. The normalized spacial score (nSPS) is 11.2. The van der Waals surface area contributed by atoms with Crippen LogP contribution in [0.25, 0.3) is 0 Å². The Morgan fingerprint density at radius 2 is 2.00 bits per heavy atom. The Labute approximate surface area is 67.6 Å². The van der Waals surface area contributed by atoms with Gasteiger partial charge in [0.1, 0.15) is 0 Å².